The van der Waals surface area contributed by atoms with Gasteiger partial charge in [0.1, 0.15) is 5.75 Å². The molecule has 0 bridgehead atoms. The van der Waals surface area contributed by atoms with E-state index in [1.807, 2.05) is 0 Å². The van der Waals surface area contributed by atoms with E-state index in [0.29, 0.717) is 12.1 Å². The maximum Gasteiger partial charge on any atom is 0.253 e. The second kappa shape index (κ2) is 4.96. The average Bonchev–Trinajstić information content (AvgIpc) is 2.26. The molecule has 88 valence electrons. The minimum absolute atomic E-state index is 0.00222. The molecule has 4 nitrogen and oxygen atoms in total. The molecule has 0 spiro atoms. The molecule has 1 aromatic rings. The largest absolute Gasteiger partial charge is 0.506 e. The third-order valence-electron chi connectivity index (χ3n) is 2.67. The Kier molecular flexibility index (Phi) is 3.88. The first-order valence-corrected chi connectivity index (χ1v) is 5.37. The lowest BCUT2D eigenvalue weighted by Gasteiger charge is -2.22. The molecule has 2 N–H and O–H groups in total. The van der Waals surface area contributed by atoms with E-state index in [1.165, 1.54) is 18.5 Å². The van der Waals surface area contributed by atoms with Crippen LogP contribution in [0.5, 0.6) is 5.75 Å². The van der Waals surface area contributed by atoms with Crippen LogP contribution in [0.1, 0.15) is 37.6 Å². The number of nitrogens with zero attached hydrogens (tertiary/aromatic N) is 1. The van der Waals surface area contributed by atoms with Gasteiger partial charge in [-0.15, -0.1) is 0 Å². The predicted molar refractivity (Wildman–Crippen MR) is 62.3 cm³/mol. The van der Waals surface area contributed by atoms with Crippen LogP contribution in [0.15, 0.2) is 18.5 Å². The van der Waals surface area contributed by atoms with Gasteiger partial charge < -0.3 is 10.4 Å². The molecule has 0 saturated heterocycles. The number of aromatic nitrogens is 1. The number of aromatic hydroxyl groups is 1. The Morgan fingerprint density at radius 1 is 1.50 bits per heavy atom. The second-order valence-electron chi connectivity index (χ2n) is 4.63. The molecule has 1 aromatic heterocycles. The topological polar surface area (TPSA) is 62.2 Å². The molecule has 1 heterocycles. The van der Waals surface area contributed by atoms with Gasteiger partial charge in [0.2, 0.25) is 0 Å². The number of hydrogen-bond acceptors (Lipinski definition) is 3. The highest BCUT2D eigenvalue weighted by atomic mass is 16.3. The van der Waals surface area contributed by atoms with Crippen LogP contribution in [0.25, 0.3) is 0 Å². The fourth-order valence-corrected chi connectivity index (χ4v) is 1.10. The normalized spacial score (nSPS) is 11.2. The van der Waals surface area contributed by atoms with Crippen LogP contribution in [-0.2, 0) is 0 Å². The molecule has 0 unspecified atom stereocenters. The smallest absolute Gasteiger partial charge is 0.253 e. The molecule has 1 amide bonds. The van der Waals surface area contributed by atoms with Crippen molar-refractivity contribution in [2.45, 2.75) is 27.2 Å². The number of hydrogen-bond donors (Lipinski definition) is 2. The van der Waals surface area contributed by atoms with Crippen molar-refractivity contribution in [3.63, 3.8) is 0 Å². The average molecular weight is 222 g/mol. The second-order valence-corrected chi connectivity index (χ2v) is 4.63. The number of carbonyl (C=O) groups is 1. The Hall–Kier alpha value is -1.58. The summed E-state index contributed by atoms with van der Waals surface area (Å²) in [4.78, 5) is 15.5. The highest BCUT2D eigenvalue weighted by Crippen LogP contribution is 2.18. The van der Waals surface area contributed by atoms with E-state index in [1.54, 1.807) is 0 Å². The summed E-state index contributed by atoms with van der Waals surface area (Å²) in [6, 6.07) is 1.40. The molecule has 0 atom stereocenters. The first-order valence-electron chi connectivity index (χ1n) is 5.37. The minimum Gasteiger partial charge on any atom is -0.506 e. The number of pyridine rings is 1. The van der Waals surface area contributed by atoms with E-state index in [0.717, 1.165) is 6.42 Å². The van der Waals surface area contributed by atoms with Gasteiger partial charge in [-0.2, -0.15) is 0 Å². The quantitative estimate of drug-likeness (QED) is 0.818. The summed E-state index contributed by atoms with van der Waals surface area (Å²) >= 11 is 0. The van der Waals surface area contributed by atoms with Crippen molar-refractivity contribution in [2.75, 3.05) is 6.54 Å². The fourth-order valence-electron chi connectivity index (χ4n) is 1.10. The van der Waals surface area contributed by atoms with Crippen LogP contribution in [0.3, 0.4) is 0 Å². The summed E-state index contributed by atoms with van der Waals surface area (Å²) in [5, 5.41) is 12.0. The van der Waals surface area contributed by atoms with Gasteiger partial charge in [0.05, 0.1) is 11.8 Å². The molecule has 0 aromatic carbocycles. The highest BCUT2D eigenvalue weighted by molar-refractivity contribution is 5.94. The number of nitrogens with one attached hydrogen (secondary N) is 1. The fraction of sp³-hybridized carbons (Fsp3) is 0.500. The monoisotopic (exact) mass is 222 g/mol. The van der Waals surface area contributed by atoms with Crippen molar-refractivity contribution in [1.29, 1.82) is 0 Å². The first-order chi connectivity index (χ1) is 7.44. The van der Waals surface area contributed by atoms with Crippen LogP contribution in [0, 0.1) is 5.41 Å². The van der Waals surface area contributed by atoms with Crippen LogP contribution >= 0.6 is 0 Å². The predicted octanol–water partition coefficient (Wildman–Crippen LogP) is 1.95. The van der Waals surface area contributed by atoms with Crippen molar-refractivity contribution in [2.24, 2.45) is 5.41 Å². The Morgan fingerprint density at radius 2 is 2.19 bits per heavy atom. The zero-order chi connectivity index (χ0) is 12.2. The van der Waals surface area contributed by atoms with Gasteiger partial charge in [-0.1, -0.05) is 20.8 Å². The summed E-state index contributed by atoms with van der Waals surface area (Å²) in [5.41, 5.74) is 0.465. The molecule has 16 heavy (non-hydrogen) atoms. The van der Waals surface area contributed by atoms with Gasteiger partial charge in [0, 0.05) is 12.7 Å². The molecule has 1 rings (SSSR count). The molecule has 0 aliphatic carbocycles. The molecule has 0 saturated carbocycles. The summed E-state index contributed by atoms with van der Waals surface area (Å²) in [6.45, 7) is 6.88. The maximum atomic E-state index is 11.7. The van der Waals surface area contributed by atoms with Crippen LogP contribution in [0.2, 0.25) is 0 Å². The van der Waals surface area contributed by atoms with Gasteiger partial charge in [-0.05, 0) is 17.9 Å². The molecular formula is C12H18N2O2. The van der Waals surface area contributed by atoms with Gasteiger partial charge in [-0.3, -0.25) is 9.78 Å². The Bertz CT molecular complexity index is 375. The molecule has 0 fully saturated rings. The van der Waals surface area contributed by atoms with Crippen LogP contribution in [-0.4, -0.2) is 22.5 Å². The van der Waals surface area contributed by atoms with Gasteiger partial charge in [-0.25, -0.2) is 0 Å². The molecular weight excluding hydrogens is 204 g/mol. The van der Waals surface area contributed by atoms with Crippen LogP contribution in [0.4, 0.5) is 0 Å². The summed E-state index contributed by atoms with van der Waals surface area (Å²) < 4.78 is 0. The van der Waals surface area contributed by atoms with E-state index < -0.39 is 0 Å². The van der Waals surface area contributed by atoms with Gasteiger partial charge in [0.25, 0.3) is 5.91 Å². The number of carbonyl (C=O) groups excluding carboxylic acids is 1. The minimum atomic E-state index is -0.204. The van der Waals surface area contributed by atoms with Crippen molar-refractivity contribution < 1.29 is 9.90 Å². The third-order valence-corrected chi connectivity index (χ3v) is 2.67. The summed E-state index contributed by atoms with van der Waals surface area (Å²) in [5.74, 6) is -0.202. The van der Waals surface area contributed by atoms with E-state index >= 15 is 0 Å². The standard InChI is InChI=1S/C12H18N2O2/c1-4-12(2,3)8-14-11(16)9-5-10(15)7-13-6-9/h5-7,15H,4,8H2,1-3H3,(H,14,16). The van der Waals surface area contributed by atoms with Crippen molar-refractivity contribution >= 4 is 5.91 Å². The zero-order valence-corrected chi connectivity index (χ0v) is 9.95. The lowest BCUT2D eigenvalue weighted by Crippen LogP contribution is -2.33. The Morgan fingerprint density at radius 3 is 2.75 bits per heavy atom. The third kappa shape index (κ3) is 3.53. The zero-order valence-electron chi connectivity index (χ0n) is 9.95. The lowest BCUT2D eigenvalue weighted by atomic mass is 9.90. The van der Waals surface area contributed by atoms with Crippen molar-refractivity contribution in [3.05, 3.63) is 24.0 Å². The Labute approximate surface area is 95.7 Å². The van der Waals surface area contributed by atoms with E-state index in [2.05, 4.69) is 31.1 Å². The Balaban J connectivity index is 2.60. The van der Waals surface area contributed by atoms with Gasteiger partial charge in [0.15, 0.2) is 0 Å². The van der Waals surface area contributed by atoms with E-state index in [-0.39, 0.29) is 17.1 Å². The summed E-state index contributed by atoms with van der Waals surface area (Å²) in [6.07, 6.45) is 3.73. The first kappa shape index (κ1) is 12.5. The molecule has 4 heteroatoms. The van der Waals surface area contributed by atoms with Crippen LogP contribution < -0.4 is 5.32 Å². The SMILES string of the molecule is CCC(C)(C)CNC(=O)c1cncc(O)c1. The van der Waals surface area contributed by atoms with E-state index in [9.17, 15) is 9.90 Å². The van der Waals surface area contributed by atoms with Crippen molar-refractivity contribution in [3.8, 4) is 5.75 Å². The van der Waals surface area contributed by atoms with Gasteiger partial charge >= 0.3 is 0 Å². The molecule has 0 radical (unpaired) electrons. The molecule has 0 aliphatic rings. The highest BCUT2D eigenvalue weighted by Gasteiger charge is 2.16. The summed E-state index contributed by atoms with van der Waals surface area (Å²) in [7, 11) is 0. The maximum absolute atomic E-state index is 11.7. The molecule has 0 aliphatic heterocycles. The number of rotatable bonds is 4. The number of amides is 1. The van der Waals surface area contributed by atoms with E-state index in [4.69, 9.17) is 0 Å². The van der Waals surface area contributed by atoms with Crippen molar-refractivity contribution in [1.82, 2.24) is 10.3 Å². The lowest BCUT2D eigenvalue weighted by molar-refractivity contribution is 0.0935.